The number of likely N-dealkylation sites (tertiary alicyclic amines) is 1. The highest BCUT2D eigenvalue weighted by Gasteiger charge is 2.41. The number of ether oxygens (including phenoxy) is 2. The van der Waals surface area contributed by atoms with Gasteiger partial charge >= 0.3 is 0 Å². The zero-order valence-electron chi connectivity index (χ0n) is 19.2. The number of rotatable bonds is 11. The predicted molar refractivity (Wildman–Crippen MR) is 122 cm³/mol. The van der Waals surface area contributed by atoms with Crippen LogP contribution >= 0.6 is 0 Å². The molecule has 2 aliphatic heterocycles. The quantitative estimate of drug-likeness (QED) is 0.380. The molecule has 0 aliphatic carbocycles. The molecule has 2 amide bonds. The normalized spacial score (nSPS) is 17.0. The molecule has 2 heterocycles. The molecule has 0 bridgehead atoms. The Kier molecular flexibility index (Phi) is 8.38. The van der Waals surface area contributed by atoms with Crippen LogP contribution in [0.25, 0.3) is 5.57 Å². The summed E-state index contributed by atoms with van der Waals surface area (Å²) in [6, 6.07) is 5.45. The fourth-order valence-corrected chi connectivity index (χ4v) is 4.48. The zero-order valence-corrected chi connectivity index (χ0v) is 19.2. The minimum absolute atomic E-state index is 0.148. The number of methoxy groups -OCH3 is 2. The van der Waals surface area contributed by atoms with Crippen molar-refractivity contribution < 1.29 is 19.1 Å². The number of hydrogen-bond acceptors (Lipinski definition) is 5. The predicted octanol–water partition coefficient (Wildman–Crippen LogP) is 4.63. The molecule has 1 aromatic rings. The molecule has 6 nitrogen and oxygen atoms in total. The van der Waals surface area contributed by atoms with Crippen LogP contribution in [0.4, 0.5) is 0 Å². The van der Waals surface area contributed by atoms with E-state index < -0.39 is 0 Å². The van der Waals surface area contributed by atoms with Crippen LogP contribution in [-0.4, -0.2) is 55.5 Å². The van der Waals surface area contributed by atoms with Gasteiger partial charge in [-0.25, -0.2) is 0 Å². The van der Waals surface area contributed by atoms with E-state index in [2.05, 4.69) is 11.8 Å². The monoisotopic (exact) mass is 428 g/mol. The molecule has 6 heteroatoms. The van der Waals surface area contributed by atoms with E-state index in [1.807, 2.05) is 6.07 Å². The highest BCUT2D eigenvalue weighted by Crippen LogP contribution is 2.37. The third-order valence-corrected chi connectivity index (χ3v) is 6.22. The molecule has 31 heavy (non-hydrogen) atoms. The summed E-state index contributed by atoms with van der Waals surface area (Å²) < 4.78 is 10.8. The number of nitrogens with zero attached hydrogens (tertiary/aromatic N) is 2. The molecular formula is C25H36N2O4. The van der Waals surface area contributed by atoms with Crippen molar-refractivity contribution in [3.05, 3.63) is 29.5 Å². The van der Waals surface area contributed by atoms with E-state index in [0.717, 1.165) is 45.2 Å². The van der Waals surface area contributed by atoms with Crippen LogP contribution in [0.5, 0.6) is 11.5 Å². The Morgan fingerprint density at radius 2 is 1.52 bits per heavy atom. The van der Waals surface area contributed by atoms with Gasteiger partial charge in [0.2, 0.25) is 0 Å². The summed E-state index contributed by atoms with van der Waals surface area (Å²) in [5, 5.41) is 0. The number of imide groups is 1. The molecule has 2 aliphatic rings. The summed E-state index contributed by atoms with van der Waals surface area (Å²) in [4.78, 5) is 30.4. The second-order valence-corrected chi connectivity index (χ2v) is 8.37. The number of unbranched alkanes of at least 4 members (excludes halogenated alkanes) is 5. The molecule has 0 radical (unpaired) electrons. The average Bonchev–Trinajstić information content (AvgIpc) is 3.05. The van der Waals surface area contributed by atoms with Crippen molar-refractivity contribution in [2.45, 2.75) is 64.7 Å². The van der Waals surface area contributed by atoms with Gasteiger partial charge < -0.3 is 14.4 Å². The van der Waals surface area contributed by atoms with Gasteiger partial charge in [0, 0.05) is 19.6 Å². The summed E-state index contributed by atoms with van der Waals surface area (Å²) in [7, 11) is 3.16. The fourth-order valence-electron chi connectivity index (χ4n) is 4.48. The first-order chi connectivity index (χ1) is 15.1. The van der Waals surface area contributed by atoms with Crippen molar-refractivity contribution in [2.75, 3.05) is 33.9 Å². The van der Waals surface area contributed by atoms with Crippen molar-refractivity contribution in [1.82, 2.24) is 9.80 Å². The smallest absolute Gasteiger partial charge is 0.277 e. The Balaban J connectivity index is 1.86. The van der Waals surface area contributed by atoms with Crippen LogP contribution in [0.2, 0.25) is 0 Å². The van der Waals surface area contributed by atoms with Gasteiger partial charge in [-0.2, -0.15) is 0 Å². The van der Waals surface area contributed by atoms with E-state index in [1.54, 1.807) is 26.4 Å². The van der Waals surface area contributed by atoms with Gasteiger partial charge in [-0.3, -0.25) is 14.5 Å². The maximum atomic E-state index is 13.4. The van der Waals surface area contributed by atoms with Crippen LogP contribution < -0.4 is 9.47 Å². The summed E-state index contributed by atoms with van der Waals surface area (Å²) in [6.45, 7) is 4.31. The van der Waals surface area contributed by atoms with Gasteiger partial charge in [-0.15, -0.1) is 0 Å². The molecule has 3 rings (SSSR count). The second-order valence-electron chi connectivity index (χ2n) is 8.37. The topological polar surface area (TPSA) is 59.1 Å². The van der Waals surface area contributed by atoms with Crippen molar-refractivity contribution >= 4 is 17.4 Å². The van der Waals surface area contributed by atoms with E-state index in [1.165, 1.54) is 30.6 Å². The largest absolute Gasteiger partial charge is 0.493 e. The number of carbonyl (C=O) groups is 2. The van der Waals surface area contributed by atoms with E-state index in [-0.39, 0.29) is 11.8 Å². The van der Waals surface area contributed by atoms with Crippen LogP contribution in [0.3, 0.4) is 0 Å². The van der Waals surface area contributed by atoms with Crippen molar-refractivity contribution in [1.29, 1.82) is 0 Å². The van der Waals surface area contributed by atoms with Crippen molar-refractivity contribution in [3.8, 4) is 11.5 Å². The molecule has 0 unspecified atom stereocenters. The standard InChI is InChI=1S/C25H36N2O4/c1-4-5-6-7-8-12-17-27-24(28)22(19-13-14-20(30-2)21(18-19)31-3)23(25(27)29)26-15-10-9-11-16-26/h13-14,18H,4-12,15-17H2,1-3H3. The third kappa shape index (κ3) is 5.23. The van der Waals surface area contributed by atoms with Gasteiger partial charge in [0.15, 0.2) is 11.5 Å². The van der Waals surface area contributed by atoms with Crippen LogP contribution in [0.15, 0.2) is 23.9 Å². The van der Waals surface area contributed by atoms with Gasteiger partial charge in [-0.05, 0) is 43.4 Å². The molecule has 0 atom stereocenters. The van der Waals surface area contributed by atoms with Gasteiger partial charge in [0.1, 0.15) is 5.70 Å². The Labute approximate surface area is 186 Å². The van der Waals surface area contributed by atoms with Crippen LogP contribution in [0.1, 0.15) is 70.3 Å². The molecule has 0 N–H and O–H groups in total. The Hall–Kier alpha value is -2.50. The lowest BCUT2D eigenvalue weighted by Gasteiger charge is -2.29. The zero-order chi connectivity index (χ0) is 22.2. The minimum Gasteiger partial charge on any atom is -0.493 e. The number of piperidine rings is 1. The molecule has 0 saturated carbocycles. The second kappa shape index (κ2) is 11.2. The first-order valence-corrected chi connectivity index (χ1v) is 11.7. The maximum Gasteiger partial charge on any atom is 0.277 e. The Morgan fingerprint density at radius 3 is 2.19 bits per heavy atom. The van der Waals surface area contributed by atoms with E-state index in [0.29, 0.717) is 34.9 Å². The third-order valence-electron chi connectivity index (χ3n) is 6.22. The molecule has 0 aromatic heterocycles. The maximum absolute atomic E-state index is 13.4. The molecule has 170 valence electrons. The summed E-state index contributed by atoms with van der Waals surface area (Å²) in [5.74, 6) is 0.823. The van der Waals surface area contributed by atoms with Gasteiger partial charge in [0.05, 0.1) is 19.8 Å². The lowest BCUT2D eigenvalue weighted by Crippen LogP contribution is -2.37. The first-order valence-electron chi connectivity index (χ1n) is 11.7. The highest BCUT2D eigenvalue weighted by atomic mass is 16.5. The lowest BCUT2D eigenvalue weighted by atomic mass is 10.0. The minimum atomic E-state index is -0.189. The van der Waals surface area contributed by atoms with Crippen LogP contribution in [-0.2, 0) is 9.59 Å². The average molecular weight is 429 g/mol. The van der Waals surface area contributed by atoms with Crippen molar-refractivity contribution in [2.24, 2.45) is 0 Å². The molecular weight excluding hydrogens is 392 g/mol. The summed E-state index contributed by atoms with van der Waals surface area (Å²) in [5.41, 5.74) is 1.77. The Morgan fingerprint density at radius 1 is 0.839 bits per heavy atom. The van der Waals surface area contributed by atoms with Gasteiger partial charge in [-0.1, -0.05) is 45.1 Å². The Bertz CT molecular complexity index is 812. The highest BCUT2D eigenvalue weighted by molar-refractivity contribution is 6.35. The van der Waals surface area contributed by atoms with E-state index in [4.69, 9.17) is 9.47 Å². The number of amides is 2. The lowest BCUT2D eigenvalue weighted by molar-refractivity contribution is -0.137. The molecule has 1 saturated heterocycles. The first kappa shape index (κ1) is 23.2. The number of carbonyl (C=O) groups excluding carboxylic acids is 2. The molecule has 1 fully saturated rings. The fraction of sp³-hybridized carbons (Fsp3) is 0.600. The van der Waals surface area contributed by atoms with Gasteiger partial charge in [0.25, 0.3) is 11.8 Å². The summed E-state index contributed by atoms with van der Waals surface area (Å²) >= 11 is 0. The number of benzene rings is 1. The van der Waals surface area contributed by atoms with Crippen molar-refractivity contribution in [3.63, 3.8) is 0 Å². The SMILES string of the molecule is CCCCCCCCN1C(=O)C(c2ccc(OC)c(OC)c2)=C(N2CCCCC2)C1=O. The summed E-state index contributed by atoms with van der Waals surface area (Å²) in [6.07, 6.45) is 9.97. The molecule has 1 aromatic carbocycles. The van der Waals surface area contributed by atoms with E-state index in [9.17, 15) is 9.59 Å². The van der Waals surface area contributed by atoms with E-state index >= 15 is 0 Å². The number of hydrogen-bond donors (Lipinski definition) is 0. The van der Waals surface area contributed by atoms with Crippen LogP contribution in [0, 0.1) is 0 Å². The molecule has 0 spiro atoms.